The van der Waals surface area contributed by atoms with Crippen molar-refractivity contribution in [1.29, 1.82) is 0 Å². The van der Waals surface area contributed by atoms with Gasteiger partial charge in [-0.25, -0.2) is 0 Å². The zero-order chi connectivity index (χ0) is 14.8. The molecule has 0 aliphatic carbocycles. The van der Waals surface area contributed by atoms with Gasteiger partial charge in [0, 0.05) is 12.1 Å². The minimum Gasteiger partial charge on any atom is -0.489 e. The van der Waals surface area contributed by atoms with E-state index in [2.05, 4.69) is 39.0 Å². The van der Waals surface area contributed by atoms with Crippen molar-refractivity contribution in [2.45, 2.75) is 26.0 Å². The van der Waals surface area contributed by atoms with Crippen molar-refractivity contribution in [1.82, 2.24) is 14.8 Å². The van der Waals surface area contributed by atoms with E-state index in [1.54, 1.807) is 0 Å². The standard InChI is InChI=1S/C18H17N3O/c1-2-5-14(6-3-1)12-22-16-8-9-17-15(11-16)7-4-10-21-13-19-20-18(17)21/h1-3,5-6,8-9,11,13H,4,7,10,12H2. The molecular formula is C18H17N3O. The van der Waals surface area contributed by atoms with Gasteiger partial charge in [-0.15, -0.1) is 10.2 Å². The second-order valence-electron chi connectivity index (χ2n) is 5.54. The lowest BCUT2D eigenvalue weighted by atomic mass is 10.0. The summed E-state index contributed by atoms with van der Waals surface area (Å²) in [6.45, 7) is 1.56. The van der Waals surface area contributed by atoms with Gasteiger partial charge in [-0.05, 0) is 42.2 Å². The zero-order valence-electron chi connectivity index (χ0n) is 12.3. The van der Waals surface area contributed by atoms with Gasteiger partial charge in [0.15, 0.2) is 5.82 Å². The molecule has 4 nitrogen and oxygen atoms in total. The van der Waals surface area contributed by atoms with E-state index in [4.69, 9.17) is 4.74 Å². The second kappa shape index (κ2) is 5.64. The van der Waals surface area contributed by atoms with Crippen molar-refractivity contribution >= 4 is 0 Å². The van der Waals surface area contributed by atoms with Crippen LogP contribution in [0.15, 0.2) is 54.9 Å². The van der Waals surface area contributed by atoms with Crippen molar-refractivity contribution in [3.05, 3.63) is 66.0 Å². The third-order valence-electron chi connectivity index (χ3n) is 4.03. The van der Waals surface area contributed by atoms with Gasteiger partial charge in [-0.2, -0.15) is 0 Å². The van der Waals surface area contributed by atoms with E-state index in [0.29, 0.717) is 6.61 Å². The Labute approximate surface area is 129 Å². The molecule has 110 valence electrons. The lowest BCUT2D eigenvalue weighted by Crippen LogP contribution is -1.97. The summed E-state index contributed by atoms with van der Waals surface area (Å²) in [5.41, 5.74) is 3.64. The highest BCUT2D eigenvalue weighted by molar-refractivity contribution is 5.62. The summed E-state index contributed by atoms with van der Waals surface area (Å²) < 4.78 is 8.05. The Bertz CT molecular complexity index is 780. The van der Waals surface area contributed by atoms with Crippen LogP contribution >= 0.6 is 0 Å². The number of hydrogen-bond acceptors (Lipinski definition) is 3. The molecule has 4 rings (SSSR count). The fourth-order valence-electron chi connectivity index (χ4n) is 2.89. The van der Waals surface area contributed by atoms with Crippen molar-refractivity contribution in [3.63, 3.8) is 0 Å². The van der Waals surface area contributed by atoms with E-state index < -0.39 is 0 Å². The molecule has 0 fully saturated rings. The normalized spacial score (nSPS) is 13.1. The van der Waals surface area contributed by atoms with Gasteiger partial charge in [-0.1, -0.05) is 30.3 Å². The number of aromatic nitrogens is 3. The van der Waals surface area contributed by atoms with Crippen molar-refractivity contribution in [2.75, 3.05) is 0 Å². The first-order valence-electron chi connectivity index (χ1n) is 7.58. The maximum atomic E-state index is 5.93. The summed E-state index contributed by atoms with van der Waals surface area (Å²) in [6.07, 6.45) is 3.95. The van der Waals surface area contributed by atoms with Crippen LogP contribution in [0.4, 0.5) is 0 Å². The average molecular weight is 291 g/mol. The van der Waals surface area contributed by atoms with Gasteiger partial charge in [0.2, 0.25) is 0 Å². The fourth-order valence-corrected chi connectivity index (χ4v) is 2.89. The monoisotopic (exact) mass is 291 g/mol. The van der Waals surface area contributed by atoms with Gasteiger partial charge in [0.25, 0.3) is 0 Å². The van der Waals surface area contributed by atoms with E-state index in [1.165, 1.54) is 16.7 Å². The Morgan fingerprint density at radius 3 is 2.91 bits per heavy atom. The molecule has 2 heterocycles. The van der Waals surface area contributed by atoms with Crippen LogP contribution in [0.25, 0.3) is 11.4 Å². The summed E-state index contributed by atoms with van der Waals surface area (Å²) in [6, 6.07) is 16.5. The molecule has 0 amide bonds. The predicted octanol–water partition coefficient (Wildman–Crippen LogP) is 3.47. The molecule has 2 aromatic carbocycles. The summed E-state index contributed by atoms with van der Waals surface area (Å²) >= 11 is 0. The molecular weight excluding hydrogens is 274 g/mol. The summed E-state index contributed by atoms with van der Waals surface area (Å²) in [5.74, 6) is 1.87. The number of ether oxygens (including phenoxy) is 1. The number of rotatable bonds is 3. The smallest absolute Gasteiger partial charge is 0.164 e. The molecule has 1 aliphatic rings. The molecule has 0 N–H and O–H groups in total. The van der Waals surface area contributed by atoms with E-state index in [-0.39, 0.29) is 0 Å². The van der Waals surface area contributed by atoms with Gasteiger partial charge in [-0.3, -0.25) is 0 Å². The first-order chi connectivity index (χ1) is 10.9. The van der Waals surface area contributed by atoms with Gasteiger partial charge < -0.3 is 9.30 Å². The second-order valence-corrected chi connectivity index (χ2v) is 5.54. The van der Waals surface area contributed by atoms with Crippen LogP contribution in [0.3, 0.4) is 0 Å². The first kappa shape index (κ1) is 13.1. The minimum atomic E-state index is 0.593. The summed E-state index contributed by atoms with van der Waals surface area (Å²) in [4.78, 5) is 0. The lowest BCUT2D eigenvalue weighted by Gasteiger charge is -2.10. The molecule has 0 spiro atoms. The Morgan fingerprint density at radius 2 is 2.00 bits per heavy atom. The summed E-state index contributed by atoms with van der Waals surface area (Å²) in [5, 5.41) is 8.28. The SMILES string of the molecule is c1ccc(COc2ccc3c(c2)CCCn2cnnc2-3)cc1. The number of fused-ring (bicyclic) bond motifs is 3. The van der Waals surface area contributed by atoms with E-state index in [1.807, 2.05) is 30.6 Å². The predicted molar refractivity (Wildman–Crippen MR) is 84.6 cm³/mol. The third-order valence-corrected chi connectivity index (χ3v) is 4.03. The maximum absolute atomic E-state index is 5.93. The quantitative estimate of drug-likeness (QED) is 0.742. The highest BCUT2D eigenvalue weighted by Gasteiger charge is 2.16. The highest BCUT2D eigenvalue weighted by atomic mass is 16.5. The van der Waals surface area contributed by atoms with Crippen LogP contribution in [0.2, 0.25) is 0 Å². The molecule has 0 radical (unpaired) electrons. The van der Waals surface area contributed by atoms with E-state index in [9.17, 15) is 0 Å². The van der Waals surface area contributed by atoms with Crippen LogP contribution in [0, 0.1) is 0 Å². The highest BCUT2D eigenvalue weighted by Crippen LogP contribution is 2.30. The minimum absolute atomic E-state index is 0.593. The van der Waals surface area contributed by atoms with E-state index in [0.717, 1.165) is 31.0 Å². The molecule has 3 aromatic rings. The third kappa shape index (κ3) is 2.48. The molecule has 1 aromatic heterocycles. The van der Waals surface area contributed by atoms with Crippen LogP contribution in [-0.2, 0) is 19.6 Å². The molecule has 0 unspecified atom stereocenters. The molecule has 0 bridgehead atoms. The Morgan fingerprint density at radius 1 is 1.09 bits per heavy atom. The van der Waals surface area contributed by atoms with Gasteiger partial charge in [0.05, 0.1) is 0 Å². The molecule has 1 aliphatic heterocycles. The van der Waals surface area contributed by atoms with E-state index >= 15 is 0 Å². The summed E-state index contributed by atoms with van der Waals surface area (Å²) in [7, 11) is 0. The Balaban J connectivity index is 1.59. The number of aryl methyl sites for hydroxylation is 2. The van der Waals surface area contributed by atoms with Crippen LogP contribution in [-0.4, -0.2) is 14.8 Å². The van der Waals surface area contributed by atoms with Crippen LogP contribution in [0.5, 0.6) is 5.75 Å². The molecule has 0 saturated carbocycles. The molecule has 0 saturated heterocycles. The van der Waals surface area contributed by atoms with Crippen LogP contribution in [0.1, 0.15) is 17.5 Å². The fraction of sp³-hybridized carbons (Fsp3) is 0.222. The Kier molecular flexibility index (Phi) is 3.35. The molecule has 4 heteroatoms. The van der Waals surface area contributed by atoms with Crippen molar-refractivity contribution < 1.29 is 4.74 Å². The zero-order valence-corrected chi connectivity index (χ0v) is 12.3. The molecule has 0 atom stereocenters. The van der Waals surface area contributed by atoms with Crippen molar-refractivity contribution in [3.8, 4) is 17.1 Å². The topological polar surface area (TPSA) is 39.9 Å². The number of hydrogen-bond donors (Lipinski definition) is 0. The average Bonchev–Trinajstić information content (AvgIpc) is 2.96. The van der Waals surface area contributed by atoms with Crippen molar-refractivity contribution in [2.24, 2.45) is 0 Å². The van der Waals surface area contributed by atoms with Crippen LogP contribution < -0.4 is 4.74 Å². The van der Waals surface area contributed by atoms with Gasteiger partial charge in [0.1, 0.15) is 18.7 Å². The maximum Gasteiger partial charge on any atom is 0.164 e. The van der Waals surface area contributed by atoms with Gasteiger partial charge >= 0.3 is 0 Å². The largest absolute Gasteiger partial charge is 0.489 e. The first-order valence-corrected chi connectivity index (χ1v) is 7.58. The number of benzene rings is 2. The molecule has 22 heavy (non-hydrogen) atoms. The lowest BCUT2D eigenvalue weighted by molar-refractivity contribution is 0.306. The number of nitrogens with zero attached hydrogens (tertiary/aromatic N) is 3. The Hall–Kier alpha value is -2.62.